The van der Waals surface area contributed by atoms with Gasteiger partial charge in [0.05, 0.1) is 21.3 Å². The number of hydrogen-bond donors (Lipinski definition) is 0. The Labute approximate surface area is 157 Å². The van der Waals surface area contributed by atoms with Crippen LogP contribution in [0, 0.1) is 0 Å². The van der Waals surface area contributed by atoms with Gasteiger partial charge in [0.2, 0.25) is 0 Å². The summed E-state index contributed by atoms with van der Waals surface area (Å²) in [6.07, 6.45) is 0.791. The Morgan fingerprint density at radius 2 is 1.63 bits per heavy atom. The number of nitrogens with zero attached hydrogens (tertiary/aromatic N) is 1. The molecule has 1 amide bonds. The highest BCUT2D eigenvalue weighted by Gasteiger charge is 2.26. The molecule has 0 spiro atoms. The van der Waals surface area contributed by atoms with E-state index < -0.39 is 5.97 Å². The minimum absolute atomic E-state index is 0.157. The summed E-state index contributed by atoms with van der Waals surface area (Å²) < 4.78 is 20.9. The van der Waals surface area contributed by atoms with Crippen molar-refractivity contribution in [3.05, 3.63) is 47.5 Å². The maximum atomic E-state index is 12.5. The highest BCUT2D eigenvalue weighted by atomic mass is 16.5. The van der Waals surface area contributed by atoms with Crippen molar-refractivity contribution < 1.29 is 28.5 Å². The number of ether oxygens (including phenoxy) is 4. The topological polar surface area (TPSA) is 74.3 Å². The highest BCUT2D eigenvalue weighted by Crippen LogP contribution is 2.35. The first kappa shape index (κ1) is 18.6. The monoisotopic (exact) mass is 371 g/mol. The molecule has 0 saturated carbocycles. The molecule has 0 fully saturated rings. The number of fused-ring (bicyclic) bond motifs is 1. The minimum Gasteiger partial charge on any atom is -0.496 e. The number of rotatable bonds is 6. The van der Waals surface area contributed by atoms with E-state index in [1.54, 1.807) is 4.90 Å². The zero-order valence-electron chi connectivity index (χ0n) is 15.5. The van der Waals surface area contributed by atoms with Crippen LogP contribution < -0.4 is 19.1 Å². The van der Waals surface area contributed by atoms with E-state index in [9.17, 15) is 9.59 Å². The Bertz CT molecular complexity index is 864. The lowest BCUT2D eigenvalue weighted by Crippen LogP contribution is -2.33. The molecule has 1 heterocycles. The maximum absolute atomic E-state index is 12.5. The summed E-state index contributed by atoms with van der Waals surface area (Å²) >= 11 is 0. The molecule has 7 heteroatoms. The van der Waals surface area contributed by atoms with E-state index in [2.05, 4.69) is 0 Å². The molecular formula is C20H21NO6. The van der Waals surface area contributed by atoms with Gasteiger partial charge in [-0.05, 0) is 18.1 Å². The number of anilines is 1. The third kappa shape index (κ3) is 3.67. The largest absolute Gasteiger partial charge is 0.496 e. The molecule has 0 bridgehead atoms. The van der Waals surface area contributed by atoms with Gasteiger partial charge in [0.25, 0.3) is 5.91 Å². The van der Waals surface area contributed by atoms with Crippen LogP contribution >= 0.6 is 0 Å². The Morgan fingerprint density at radius 3 is 2.33 bits per heavy atom. The van der Waals surface area contributed by atoms with Crippen LogP contribution in [0.1, 0.15) is 15.9 Å². The highest BCUT2D eigenvalue weighted by molar-refractivity contribution is 5.99. The van der Waals surface area contributed by atoms with Gasteiger partial charge in [-0.1, -0.05) is 18.2 Å². The molecule has 27 heavy (non-hydrogen) atoms. The summed E-state index contributed by atoms with van der Waals surface area (Å²) in [5.41, 5.74) is 2.13. The van der Waals surface area contributed by atoms with E-state index in [0.717, 1.165) is 17.7 Å². The number of amides is 1. The number of carbonyl (C=O) groups excluding carboxylic acids is 2. The van der Waals surface area contributed by atoms with E-state index in [4.69, 9.17) is 18.9 Å². The van der Waals surface area contributed by atoms with E-state index in [1.165, 1.54) is 33.5 Å². The summed E-state index contributed by atoms with van der Waals surface area (Å²) in [6, 6.07) is 10.7. The van der Waals surface area contributed by atoms with Gasteiger partial charge in [0, 0.05) is 24.4 Å². The lowest BCUT2D eigenvalue weighted by atomic mass is 10.1. The molecule has 0 N–H and O–H groups in total. The van der Waals surface area contributed by atoms with Gasteiger partial charge in [-0.15, -0.1) is 0 Å². The van der Waals surface area contributed by atoms with Crippen LogP contribution in [0.15, 0.2) is 36.4 Å². The van der Waals surface area contributed by atoms with E-state index in [0.29, 0.717) is 18.0 Å². The summed E-state index contributed by atoms with van der Waals surface area (Å²) in [4.78, 5) is 26.6. The van der Waals surface area contributed by atoms with Crippen molar-refractivity contribution in [1.82, 2.24) is 0 Å². The Kier molecular flexibility index (Phi) is 5.49. The number of hydrogen-bond acceptors (Lipinski definition) is 6. The lowest BCUT2D eigenvalue weighted by molar-refractivity contribution is -0.121. The molecule has 0 saturated heterocycles. The van der Waals surface area contributed by atoms with Gasteiger partial charge in [0.15, 0.2) is 18.1 Å². The fourth-order valence-electron chi connectivity index (χ4n) is 3.07. The van der Waals surface area contributed by atoms with Crippen molar-refractivity contribution in [2.45, 2.75) is 6.42 Å². The van der Waals surface area contributed by atoms with E-state index in [1.807, 2.05) is 24.3 Å². The number of benzene rings is 2. The first-order valence-electron chi connectivity index (χ1n) is 8.44. The van der Waals surface area contributed by atoms with Crippen molar-refractivity contribution in [3.63, 3.8) is 0 Å². The van der Waals surface area contributed by atoms with Gasteiger partial charge in [-0.3, -0.25) is 4.79 Å². The molecule has 3 rings (SSSR count). The van der Waals surface area contributed by atoms with Gasteiger partial charge < -0.3 is 23.8 Å². The molecule has 0 radical (unpaired) electrons. The maximum Gasteiger partial charge on any atom is 0.342 e. The van der Waals surface area contributed by atoms with Gasteiger partial charge >= 0.3 is 5.97 Å². The second-order valence-electron chi connectivity index (χ2n) is 5.91. The average molecular weight is 371 g/mol. The zero-order valence-corrected chi connectivity index (χ0v) is 15.5. The Hall–Kier alpha value is -3.22. The van der Waals surface area contributed by atoms with Crippen LogP contribution in [0.5, 0.6) is 17.2 Å². The zero-order chi connectivity index (χ0) is 19.4. The smallest absolute Gasteiger partial charge is 0.342 e. The molecule has 0 unspecified atom stereocenters. The first-order valence-corrected chi connectivity index (χ1v) is 8.44. The van der Waals surface area contributed by atoms with Crippen LogP contribution in [0.25, 0.3) is 0 Å². The first-order chi connectivity index (χ1) is 13.1. The fourth-order valence-corrected chi connectivity index (χ4v) is 3.07. The van der Waals surface area contributed by atoms with Crippen LogP contribution in [0.3, 0.4) is 0 Å². The number of carbonyl (C=O) groups is 2. The Morgan fingerprint density at radius 1 is 0.963 bits per heavy atom. The molecule has 0 aliphatic carbocycles. The minimum atomic E-state index is -0.673. The third-order valence-corrected chi connectivity index (χ3v) is 4.44. The SMILES string of the molecule is COc1cc(OC)c(C(=O)OCC(=O)N2CCc3ccccc32)cc1OC. The molecule has 0 aromatic heterocycles. The molecule has 2 aromatic carbocycles. The van der Waals surface area contributed by atoms with E-state index in [-0.39, 0.29) is 23.8 Å². The van der Waals surface area contributed by atoms with Crippen molar-refractivity contribution in [1.29, 1.82) is 0 Å². The summed E-state index contributed by atoms with van der Waals surface area (Å²) in [5, 5.41) is 0. The van der Waals surface area contributed by atoms with Gasteiger partial charge in [-0.2, -0.15) is 0 Å². The average Bonchev–Trinajstić information content (AvgIpc) is 3.14. The predicted molar refractivity (Wildman–Crippen MR) is 98.9 cm³/mol. The summed E-state index contributed by atoms with van der Waals surface area (Å²) in [5.74, 6) is 0.124. The number of esters is 1. The predicted octanol–water partition coefficient (Wildman–Crippen LogP) is 2.46. The summed E-state index contributed by atoms with van der Waals surface area (Å²) in [6.45, 7) is 0.222. The van der Waals surface area contributed by atoms with E-state index >= 15 is 0 Å². The Balaban J connectivity index is 1.72. The van der Waals surface area contributed by atoms with Crippen LogP contribution in [0.2, 0.25) is 0 Å². The molecule has 7 nitrogen and oxygen atoms in total. The summed E-state index contributed by atoms with van der Waals surface area (Å²) in [7, 11) is 4.39. The normalized spacial score (nSPS) is 12.3. The quantitative estimate of drug-likeness (QED) is 0.726. The van der Waals surface area contributed by atoms with Gasteiger partial charge in [0.1, 0.15) is 11.3 Å². The third-order valence-electron chi connectivity index (χ3n) is 4.44. The van der Waals surface area contributed by atoms with Crippen molar-refractivity contribution in [3.8, 4) is 17.2 Å². The second kappa shape index (κ2) is 7.99. The van der Waals surface area contributed by atoms with Crippen molar-refractivity contribution in [2.24, 2.45) is 0 Å². The van der Waals surface area contributed by atoms with Crippen molar-refractivity contribution >= 4 is 17.6 Å². The molecule has 2 aromatic rings. The second-order valence-corrected chi connectivity index (χ2v) is 5.91. The van der Waals surface area contributed by atoms with Gasteiger partial charge in [-0.25, -0.2) is 4.79 Å². The van der Waals surface area contributed by atoms with Crippen LogP contribution in [0.4, 0.5) is 5.69 Å². The van der Waals surface area contributed by atoms with Crippen LogP contribution in [-0.4, -0.2) is 46.4 Å². The standard InChI is InChI=1S/C20H21NO6/c1-24-16-11-18(26-3)17(25-2)10-14(16)20(23)27-12-19(22)21-9-8-13-6-4-5-7-15(13)21/h4-7,10-11H,8-9,12H2,1-3H3. The molecule has 1 aliphatic rings. The molecule has 1 aliphatic heterocycles. The molecular weight excluding hydrogens is 350 g/mol. The molecule has 142 valence electrons. The number of para-hydroxylation sites is 1. The lowest BCUT2D eigenvalue weighted by Gasteiger charge is -2.18. The number of methoxy groups -OCH3 is 3. The molecule has 0 atom stereocenters. The van der Waals surface area contributed by atoms with Crippen LogP contribution in [-0.2, 0) is 16.0 Å². The van der Waals surface area contributed by atoms with Crippen molar-refractivity contribution in [2.75, 3.05) is 39.4 Å². The fraction of sp³-hybridized carbons (Fsp3) is 0.300.